The number of hydrogen-bond donors (Lipinski definition) is 1. The van der Waals surface area contributed by atoms with Gasteiger partial charge in [-0.2, -0.15) is 0 Å². The Morgan fingerprint density at radius 1 is 0.966 bits per heavy atom. The number of aryl methyl sites for hydroxylation is 1. The van der Waals surface area contributed by atoms with Crippen molar-refractivity contribution >= 4 is 67.8 Å². The first-order valence-electron chi connectivity index (χ1n) is 9.07. The molecular weight excluding hydrogens is 400 g/mol. The number of carbonyl (C=O) groups is 1. The van der Waals surface area contributed by atoms with Crippen molar-refractivity contribution in [2.24, 2.45) is 7.05 Å². The van der Waals surface area contributed by atoms with E-state index in [1.807, 2.05) is 24.3 Å². The van der Waals surface area contributed by atoms with Crippen LogP contribution in [0, 0.1) is 0 Å². The van der Waals surface area contributed by atoms with Gasteiger partial charge in [-0.15, -0.1) is 0 Å². The molecule has 4 nitrogen and oxygen atoms in total. The third-order valence-electron chi connectivity index (χ3n) is 5.14. The zero-order chi connectivity index (χ0) is 20.1. The second-order valence-corrected chi connectivity index (χ2v) is 8.56. The highest BCUT2D eigenvalue weighted by Crippen LogP contribution is 2.37. The number of phenolic OH excluding ortho intramolecular Hbond substituents is 1. The number of nitrogens with zero attached hydrogens (tertiary/aromatic N) is 2. The van der Waals surface area contributed by atoms with Crippen molar-refractivity contribution in [3.05, 3.63) is 77.2 Å². The van der Waals surface area contributed by atoms with Gasteiger partial charge in [-0.05, 0) is 54.1 Å². The molecule has 6 heteroatoms. The van der Waals surface area contributed by atoms with Gasteiger partial charge >= 0.3 is 0 Å². The quantitative estimate of drug-likeness (QED) is 0.349. The van der Waals surface area contributed by atoms with Crippen LogP contribution in [-0.4, -0.2) is 19.9 Å². The number of hydrogen-bond acceptors (Lipinski definition) is 4. The Morgan fingerprint density at radius 2 is 1.69 bits per heavy atom. The summed E-state index contributed by atoms with van der Waals surface area (Å²) in [5.41, 5.74) is 3.94. The van der Waals surface area contributed by atoms with Crippen LogP contribution < -0.4 is 4.90 Å². The van der Waals surface area contributed by atoms with E-state index in [0.29, 0.717) is 14.9 Å². The van der Waals surface area contributed by atoms with Gasteiger partial charge in [0.05, 0.1) is 10.6 Å². The summed E-state index contributed by atoms with van der Waals surface area (Å²) in [6.07, 6.45) is 1.89. The molecule has 1 aliphatic heterocycles. The van der Waals surface area contributed by atoms with Crippen LogP contribution in [0.5, 0.6) is 5.75 Å². The summed E-state index contributed by atoms with van der Waals surface area (Å²) in [6, 6.07) is 21.0. The van der Waals surface area contributed by atoms with Crippen LogP contribution in [0.4, 0.5) is 5.69 Å². The van der Waals surface area contributed by atoms with E-state index in [0.717, 1.165) is 16.5 Å². The molecule has 1 fully saturated rings. The second-order valence-electron chi connectivity index (χ2n) is 6.89. The number of fused-ring (bicyclic) bond motifs is 3. The van der Waals surface area contributed by atoms with Gasteiger partial charge < -0.3 is 9.67 Å². The average Bonchev–Trinajstić information content (AvgIpc) is 3.17. The van der Waals surface area contributed by atoms with E-state index in [1.54, 1.807) is 24.3 Å². The number of thiocarbonyl (C=S) groups is 1. The molecule has 5 rings (SSSR count). The van der Waals surface area contributed by atoms with Crippen molar-refractivity contribution in [3.63, 3.8) is 0 Å². The largest absolute Gasteiger partial charge is 0.508 e. The van der Waals surface area contributed by atoms with Gasteiger partial charge in [-0.25, -0.2) is 0 Å². The minimum atomic E-state index is -0.149. The lowest BCUT2D eigenvalue weighted by Gasteiger charge is -2.14. The summed E-state index contributed by atoms with van der Waals surface area (Å²) in [5, 5.41) is 11.8. The van der Waals surface area contributed by atoms with E-state index in [2.05, 4.69) is 35.9 Å². The minimum absolute atomic E-state index is 0.149. The molecule has 1 N–H and O–H groups in total. The molecule has 29 heavy (non-hydrogen) atoms. The predicted octanol–water partition coefficient (Wildman–Crippen LogP) is 5.44. The first-order valence-corrected chi connectivity index (χ1v) is 10.3. The molecule has 4 aromatic rings. The topological polar surface area (TPSA) is 45.5 Å². The number of anilines is 1. The van der Waals surface area contributed by atoms with Gasteiger partial charge in [0.15, 0.2) is 4.32 Å². The van der Waals surface area contributed by atoms with Crippen molar-refractivity contribution in [2.75, 3.05) is 4.90 Å². The standard InChI is InChI=1S/C23H16N2O2S2/c1-24-19-5-3-2-4-17(19)18-12-14(6-11-20(18)24)13-21-22(27)25(23(28)29-21)15-7-9-16(26)10-8-15/h2-13,26H,1H3/b21-13-. The highest BCUT2D eigenvalue weighted by atomic mass is 32.2. The van der Waals surface area contributed by atoms with Gasteiger partial charge in [-0.1, -0.05) is 48.2 Å². The Morgan fingerprint density at radius 3 is 2.48 bits per heavy atom. The van der Waals surface area contributed by atoms with Gasteiger partial charge in [0, 0.05) is 28.9 Å². The number of para-hydroxylation sites is 1. The Labute approximate surface area is 177 Å². The van der Waals surface area contributed by atoms with Crippen LogP contribution in [0.25, 0.3) is 27.9 Å². The van der Waals surface area contributed by atoms with E-state index in [9.17, 15) is 9.90 Å². The number of amides is 1. The molecule has 1 aromatic heterocycles. The molecule has 0 bridgehead atoms. The molecular formula is C23H16N2O2S2. The average molecular weight is 417 g/mol. The van der Waals surface area contributed by atoms with Crippen LogP contribution in [0.1, 0.15) is 5.56 Å². The third-order valence-corrected chi connectivity index (χ3v) is 6.44. The molecule has 1 aliphatic rings. The second kappa shape index (κ2) is 6.76. The Hall–Kier alpha value is -3.09. The predicted molar refractivity (Wildman–Crippen MR) is 124 cm³/mol. The highest BCUT2D eigenvalue weighted by molar-refractivity contribution is 8.27. The number of carbonyl (C=O) groups excluding carboxylic acids is 1. The summed E-state index contributed by atoms with van der Waals surface area (Å²) >= 11 is 6.72. The lowest BCUT2D eigenvalue weighted by molar-refractivity contribution is -0.113. The van der Waals surface area contributed by atoms with Crippen molar-refractivity contribution in [1.82, 2.24) is 4.57 Å². The first kappa shape index (κ1) is 18.0. The van der Waals surface area contributed by atoms with E-state index >= 15 is 0 Å². The maximum atomic E-state index is 13.0. The van der Waals surface area contributed by atoms with E-state index < -0.39 is 0 Å². The summed E-state index contributed by atoms with van der Waals surface area (Å²) in [5.74, 6) is 0.00169. The monoisotopic (exact) mass is 416 g/mol. The van der Waals surface area contributed by atoms with Crippen molar-refractivity contribution in [1.29, 1.82) is 0 Å². The molecule has 0 aliphatic carbocycles. The van der Waals surface area contributed by atoms with E-state index in [1.165, 1.54) is 27.6 Å². The Bertz CT molecular complexity index is 1340. The Kier molecular flexibility index (Phi) is 4.19. The Balaban J connectivity index is 1.56. The lowest BCUT2D eigenvalue weighted by atomic mass is 10.1. The highest BCUT2D eigenvalue weighted by Gasteiger charge is 2.33. The van der Waals surface area contributed by atoms with Crippen LogP contribution in [0.2, 0.25) is 0 Å². The first-order chi connectivity index (χ1) is 14.0. The van der Waals surface area contributed by atoms with Crippen molar-refractivity contribution < 1.29 is 9.90 Å². The molecule has 0 saturated carbocycles. The zero-order valence-corrected chi connectivity index (χ0v) is 17.1. The molecule has 1 amide bonds. The molecule has 3 aromatic carbocycles. The summed E-state index contributed by atoms with van der Waals surface area (Å²) in [7, 11) is 2.06. The molecule has 142 valence electrons. The fourth-order valence-corrected chi connectivity index (χ4v) is 5.02. The van der Waals surface area contributed by atoms with E-state index in [4.69, 9.17) is 12.2 Å². The number of aromatic nitrogens is 1. The summed E-state index contributed by atoms with van der Waals surface area (Å²) in [6.45, 7) is 0. The summed E-state index contributed by atoms with van der Waals surface area (Å²) < 4.78 is 2.66. The van der Waals surface area contributed by atoms with E-state index in [-0.39, 0.29) is 11.7 Å². The van der Waals surface area contributed by atoms with Crippen LogP contribution >= 0.6 is 24.0 Å². The minimum Gasteiger partial charge on any atom is -0.508 e. The number of aromatic hydroxyl groups is 1. The maximum Gasteiger partial charge on any atom is 0.270 e. The molecule has 0 radical (unpaired) electrons. The maximum absolute atomic E-state index is 13.0. The van der Waals surface area contributed by atoms with Gasteiger partial charge in [0.25, 0.3) is 5.91 Å². The van der Waals surface area contributed by atoms with Gasteiger partial charge in [-0.3, -0.25) is 9.69 Å². The number of thioether (sulfide) groups is 1. The van der Waals surface area contributed by atoms with Crippen LogP contribution in [0.15, 0.2) is 71.6 Å². The van der Waals surface area contributed by atoms with Crippen LogP contribution in [-0.2, 0) is 11.8 Å². The van der Waals surface area contributed by atoms with Crippen LogP contribution in [0.3, 0.4) is 0 Å². The normalized spacial score (nSPS) is 15.9. The molecule has 1 saturated heterocycles. The fourth-order valence-electron chi connectivity index (χ4n) is 3.72. The fraction of sp³-hybridized carbons (Fsp3) is 0.0435. The molecule has 0 unspecified atom stereocenters. The van der Waals surface area contributed by atoms with Gasteiger partial charge in [0.1, 0.15) is 5.75 Å². The lowest BCUT2D eigenvalue weighted by Crippen LogP contribution is -2.27. The molecule has 0 atom stereocenters. The number of benzene rings is 3. The number of phenols is 1. The molecule has 0 spiro atoms. The van der Waals surface area contributed by atoms with Crippen molar-refractivity contribution in [3.8, 4) is 5.75 Å². The summed E-state index contributed by atoms with van der Waals surface area (Å²) in [4.78, 5) is 15.1. The third kappa shape index (κ3) is 2.92. The smallest absolute Gasteiger partial charge is 0.270 e. The number of rotatable bonds is 2. The zero-order valence-electron chi connectivity index (χ0n) is 15.5. The SMILES string of the molecule is Cn1c2ccccc2c2cc(/C=C3\SC(=S)N(c4ccc(O)cc4)C3=O)ccc21. The van der Waals surface area contributed by atoms with Crippen molar-refractivity contribution in [2.45, 2.75) is 0 Å². The molecule has 2 heterocycles. The van der Waals surface area contributed by atoms with Gasteiger partial charge in [0.2, 0.25) is 0 Å².